The summed E-state index contributed by atoms with van der Waals surface area (Å²) in [6.07, 6.45) is 3.06. The Hall–Kier alpha value is -2.58. The summed E-state index contributed by atoms with van der Waals surface area (Å²) in [5.41, 5.74) is 0.664. The Morgan fingerprint density at radius 2 is 2.15 bits per heavy atom. The molecule has 0 amide bonds. The molecule has 0 aliphatic carbocycles. The molecule has 0 aliphatic heterocycles. The predicted molar refractivity (Wildman–Crippen MR) is 101 cm³/mol. The van der Waals surface area contributed by atoms with Gasteiger partial charge < -0.3 is 18.8 Å². The molecule has 0 spiro atoms. The second kappa shape index (κ2) is 9.38. The molecule has 0 saturated heterocycles. The fourth-order valence-electron chi connectivity index (χ4n) is 2.39. The number of furan rings is 1. The molecular formula is C19H21N3O4S. The zero-order valence-electron chi connectivity index (χ0n) is 14.9. The average Bonchev–Trinajstić information content (AvgIpc) is 3.37. The zero-order valence-corrected chi connectivity index (χ0v) is 15.8. The first kappa shape index (κ1) is 19.2. The molecule has 2 heterocycles. The molecule has 3 rings (SSSR count). The minimum Gasteiger partial charge on any atom is -0.491 e. The van der Waals surface area contributed by atoms with Gasteiger partial charge in [-0.05, 0) is 36.4 Å². The Labute approximate surface area is 161 Å². The van der Waals surface area contributed by atoms with Gasteiger partial charge in [-0.3, -0.25) is 4.79 Å². The molecule has 1 N–H and O–H groups in total. The van der Waals surface area contributed by atoms with Crippen molar-refractivity contribution in [3.63, 3.8) is 0 Å². The van der Waals surface area contributed by atoms with Crippen LogP contribution in [0.1, 0.15) is 29.5 Å². The van der Waals surface area contributed by atoms with E-state index in [0.717, 1.165) is 5.76 Å². The number of carbonyl (C=O) groups is 1. The summed E-state index contributed by atoms with van der Waals surface area (Å²) in [4.78, 5) is 11.6. The summed E-state index contributed by atoms with van der Waals surface area (Å²) >= 11 is 1.40. The summed E-state index contributed by atoms with van der Waals surface area (Å²) in [7, 11) is 0. The fourth-order valence-corrected chi connectivity index (χ4v) is 3.21. The van der Waals surface area contributed by atoms with Crippen LogP contribution in [-0.2, 0) is 6.54 Å². The molecule has 27 heavy (non-hydrogen) atoms. The first-order valence-electron chi connectivity index (χ1n) is 8.63. The highest BCUT2D eigenvalue weighted by Crippen LogP contribution is 2.19. The van der Waals surface area contributed by atoms with E-state index < -0.39 is 6.10 Å². The summed E-state index contributed by atoms with van der Waals surface area (Å²) in [5, 5.41) is 18.8. The number of nitrogens with zero attached hydrogens (tertiary/aromatic N) is 3. The molecule has 1 unspecified atom stereocenters. The number of ketones is 1. The van der Waals surface area contributed by atoms with Crippen LogP contribution in [0.2, 0.25) is 0 Å². The number of aliphatic hydroxyl groups excluding tert-OH is 1. The second-order valence-corrected chi connectivity index (χ2v) is 6.88. The van der Waals surface area contributed by atoms with Crippen molar-refractivity contribution in [2.45, 2.75) is 31.1 Å². The van der Waals surface area contributed by atoms with Crippen LogP contribution in [0.3, 0.4) is 0 Å². The number of thioether (sulfide) groups is 1. The first-order chi connectivity index (χ1) is 13.2. The molecule has 0 radical (unpaired) electrons. The van der Waals surface area contributed by atoms with Gasteiger partial charge in [0.25, 0.3) is 0 Å². The van der Waals surface area contributed by atoms with Crippen LogP contribution in [0.4, 0.5) is 0 Å². The number of aromatic nitrogens is 3. The van der Waals surface area contributed by atoms with Gasteiger partial charge in [-0.2, -0.15) is 0 Å². The van der Waals surface area contributed by atoms with Gasteiger partial charge >= 0.3 is 0 Å². The molecule has 3 aromatic rings. The third-order valence-electron chi connectivity index (χ3n) is 3.83. The number of Topliss-reactive ketones (excluding diaryl/α,β-unsaturated/α-hetero) is 1. The van der Waals surface area contributed by atoms with Crippen molar-refractivity contribution in [3.05, 3.63) is 60.3 Å². The standard InChI is InChI=1S/C19H21N3O4S/c1-2-18(24)14-5-7-16(8-6-14)26-11-15(23)12-27-19-21-20-13-22(19)10-17-4-3-9-25-17/h3-9,13,15,23H,2,10-12H2,1H3. The lowest BCUT2D eigenvalue weighted by Crippen LogP contribution is -2.20. The largest absolute Gasteiger partial charge is 0.491 e. The molecule has 0 saturated carbocycles. The Balaban J connectivity index is 1.45. The van der Waals surface area contributed by atoms with Crippen LogP contribution in [-0.4, -0.2) is 44.1 Å². The number of carbonyl (C=O) groups excluding carboxylic acids is 1. The van der Waals surface area contributed by atoms with Gasteiger partial charge in [0, 0.05) is 17.7 Å². The SMILES string of the molecule is CCC(=O)c1ccc(OCC(O)CSc2nncn2Cc2ccco2)cc1. The van der Waals surface area contributed by atoms with Crippen LogP contribution in [0.5, 0.6) is 5.75 Å². The van der Waals surface area contributed by atoms with Crippen LogP contribution in [0, 0.1) is 0 Å². The third kappa shape index (κ3) is 5.45. The number of benzene rings is 1. The van der Waals surface area contributed by atoms with E-state index in [1.54, 1.807) is 36.9 Å². The van der Waals surface area contributed by atoms with E-state index in [0.29, 0.717) is 35.2 Å². The quantitative estimate of drug-likeness (QED) is 0.422. The monoisotopic (exact) mass is 387 g/mol. The molecule has 8 heteroatoms. The second-order valence-electron chi connectivity index (χ2n) is 5.90. The van der Waals surface area contributed by atoms with E-state index in [1.807, 2.05) is 23.6 Å². The van der Waals surface area contributed by atoms with Crippen LogP contribution >= 0.6 is 11.8 Å². The normalized spacial score (nSPS) is 12.1. The zero-order chi connectivity index (χ0) is 19.1. The average molecular weight is 387 g/mol. The van der Waals surface area contributed by atoms with Crippen molar-refractivity contribution < 1.29 is 19.1 Å². The van der Waals surface area contributed by atoms with Crippen molar-refractivity contribution in [1.29, 1.82) is 0 Å². The minimum atomic E-state index is -0.666. The molecule has 1 atom stereocenters. The Kier molecular flexibility index (Phi) is 6.67. The third-order valence-corrected chi connectivity index (χ3v) is 4.96. The molecule has 0 fully saturated rings. The Morgan fingerprint density at radius 3 is 2.85 bits per heavy atom. The van der Waals surface area contributed by atoms with Gasteiger partial charge in [0.15, 0.2) is 10.9 Å². The number of hydrogen-bond donors (Lipinski definition) is 1. The van der Waals surface area contributed by atoms with Gasteiger partial charge in [0.05, 0.1) is 18.9 Å². The van der Waals surface area contributed by atoms with Crippen LogP contribution < -0.4 is 4.74 Å². The molecule has 2 aromatic heterocycles. The molecule has 0 aliphatic rings. The number of rotatable bonds is 10. The summed E-state index contributed by atoms with van der Waals surface area (Å²) in [5.74, 6) is 1.94. The van der Waals surface area contributed by atoms with Crippen molar-refractivity contribution in [2.75, 3.05) is 12.4 Å². The van der Waals surface area contributed by atoms with E-state index in [2.05, 4.69) is 10.2 Å². The van der Waals surface area contributed by atoms with Crippen molar-refractivity contribution >= 4 is 17.5 Å². The summed E-state index contributed by atoms with van der Waals surface area (Å²) in [6.45, 7) is 2.52. The lowest BCUT2D eigenvalue weighted by molar-refractivity contribution is 0.0987. The highest BCUT2D eigenvalue weighted by Gasteiger charge is 2.12. The van der Waals surface area contributed by atoms with Crippen molar-refractivity contribution in [3.8, 4) is 5.75 Å². The Bertz CT molecular complexity index is 846. The van der Waals surface area contributed by atoms with E-state index in [4.69, 9.17) is 9.15 Å². The number of ether oxygens (including phenoxy) is 1. The smallest absolute Gasteiger partial charge is 0.191 e. The number of hydrogen-bond acceptors (Lipinski definition) is 7. The van der Waals surface area contributed by atoms with Crippen molar-refractivity contribution in [2.24, 2.45) is 0 Å². The lowest BCUT2D eigenvalue weighted by Gasteiger charge is -2.12. The van der Waals surface area contributed by atoms with Gasteiger partial charge in [-0.1, -0.05) is 18.7 Å². The van der Waals surface area contributed by atoms with Gasteiger partial charge in [0.2, 0.25) is 0 Å². The highest BCUT2D eigenvalue weighted by atomic mass is 32.2. The first-order valence-corrected chi connectivity index (χ1v) is 9.61. The number of aliphatic hydroxyl groups is 1. The topological polar surface area (TPSA) is 90.4 Å². The molecule has 7 nitrogen and oxygen atoms in total. The van der Waals surface area contributed by atoms with E-state index in [1.165, 1.54) is 11.8 Å². The van der Waals surface area contributed by atoms with E-state index in [9.17, 15) is 9.90 Å². The van der Waals surface area contributed by atoms with E-state index >= 15 is 0 Å². The molecule has 0 bridgehead atoms. The summed E-state index contributed by atoms with van der Waals surface area (Å²) in [6, 6.07) is 10.7. The molecule has 142 valence electrons. The predicted octanol–water partition coefficient (Wildman–Crippen LogP) is 3.04. The van der Waals surface area contributed by atoms with Crippen LogP contribution in [0.25, 0.3) is 0 Å². The fraction of sp³-hybridized carbons (Fsp3) is 0.316. The van der Waals surface area contributed by atoms with Gasteiger partial charge in [-0.25, -0.2) is 0 Å². The summed E-state index contributed by atoms with van der Waals surface area (Å²) < 4.78 is 12.8. The van der Waals surface area contributed by atoms with E-state index in [-0.39, 0.29) is 12.4 Å². The minimum absolute atomic E-state index is 0.0941. The maximum absolute atomic E-state index is 11.6. The molecular weight excluding hydrogens is 366 g/mol. The highest BCUT2D eigenvalue weighted by molar-refractivity contribution is 7.99. The van der Waals surface area contributed by atoms with Crippen LogP contribution in [0.15, 0.2) is 58.6 Å². The Morgan fingerprint density at radius 1 is 1.33 bits per heavy atom. The van der Waals surface area contributed by atoms with Gasteiger partial charge in [0.1, 0.15) is 24.4 Å². The maximum Gasteiger partial charge on any atom is 0.191 e. The maximum atomic E-state index is 11.6. The van der Waals surface area contributed by atoms with Crippen molar-refractivity contribution in [1.82, 2.24) is 14.8 Å². The molecule has 1 aromatic carbocycles. The van der Waals surface area contributed by atoms with Gasteiger partial charge in [-0.15, -0.1) is 10.2 Å². The lowest BCUT2D eigenvalue weighted by atomic mass is 10.1.